The molecule has 3 N–H and O–H groups in total. The molecule has 0 aliphatic heterocycles. The Morgan fingerprint density at radius 3 is 2.65 bits per heavy atom. The van der Waals surface area contributed by atoms with Crippen molar-refractivity contribution >= 4 is 11.9 Å². The predicted molar refractivity (Wildman–Crippen MR) is 63.8 cm³/mol. The molecule has 6 heteroatoms. The maximum absolute atomic E-state index is 11.3. The molecule has 17 heavy (non-hydrogen) atoms. The van der Waals surface area contributed by atoms with Crippen molar-refractivity contribution in [1.82, 2.24) is 10.6 Å². The zero-order valence-corrected chi connectivity index (χ0v) is 10.5. The lowest BCUT2D eigenvalue weighted by Crippen LogP contribution is -2.43. The molecule has 0 spiro atoms. The van der Waals surface area contributed by atoms with Gasteiger partial charge in [-0.3, -0.25) is 14.9 Å². The van der Waals surface area contributed by atoms with Crippen molar-refractivity contribution in [2.75, 3.05) is 26.8 Å². The molecule has 0 heterocycles. The van der Waals surface area contributed by atoms with E-state index in [1.54, 1.807) is 7.11 Å². The Hall–Kier alpha value is -1.14. The molecule has 0 aromatic rings. The van der Waals surface area contributed by atoms with Crippen LogP contribution in [0.15, 0.2) is 0 Å². The van der Waals surface area contributed by atoms with Gasteiger partial charge in [-0.1, -0.05) is 19.8 Å². The summed E-state index contributed by atoms with van der Waals surface area (Å²) in [5, 5.41) is 14.3. The van der Waals surface area contributed by atoms with Crippen molar-refractivity contribution in [3.05, 3.63) is 0 Å². The Labute approximate surface area is 102 Å². The number of carboxylic acids is 1. The minimum Gasteiger partial charge on any atom is -0.480 e. The van der Waals surface area contributed by atoms with Gasteiger partial charge in [-0.05, 0) is 6.42 Å². The fraction of sp³-hybridized carbons (Fsp3) is 0.818. The number of carbonyl (C=O) groups is 2. The van der Waals surface area contributed by atoms with Gasteiger partial charge >= 0.3 is 5.97 Å². The van der Waals surface area contributed by atoms with Gasteiger partial charge in [-0.15, -0.1) is 0 Å². The van der Waals surface area contributed by atoms with Gasteiger partial charge in [0.25, 0.3) is 0 Å². The van der Waals surface area contributed by atoms with Crippen LogP contribution >= 0.6 is 0 Å². The summed E-state index contributed by atoms with van der Waals surface area (Å²) in [6.45, 7) is 2.90. The number of amides is 1. The molecule has 0 aromatic carbocycles. The molecule has 0 radical (unpaired) electrons. The summed E-state index contributed by atoms with van der Waals surface area (Å²) >= 11 is 0. The Kier molecular flexibility index (Phi) is 9.37. The number of nitrogens with one attached hydrogen (secondary N) is 2. The molecular formula is C11H22N2O4. The average molecular weight is 246 g/mol. The molecule has 1 unspecified atom stereocenters. The third-order valence-electron chi connectivity index (χ3n) is 2.28. The molecule has 1 atom stereocenters. The predicted octanol–water partition coefficient (Wildman–Crippen LogP) is -0.0180. The monoisotopic (exact) mass is 246 g/mol. The third kappa shape index (κ3) is 8.65. The Morgan fingerprint density at radius 1 is 1.41 bits per heavy atom. The Balaban J connectivity index is 3.79. The van der Waals surface area contributed by atoms with E-state index in [1.165, 1.54) is 0 Å². The summed E-state index contributed by atoms with van der Waals surface area (Å²) in [6.07, 6.45) is 2.30. The Bertz CT molecular complexity index is 234. The molecule has 0 rings (SSSR count). The van der Waals surface area contributed by atoms with Crippen LogP contribution in [0, 0.1) is 0 Å². The second-order valence-electron chi connectivity index (χ2n) is 3.76. The molecular weight excluding hydrogens is 224 g/mol. The molecule has 0 saturated carbocycles. The van der Waals surface area contributed by atoms with E-state index < -0.39 is 12.0 Å². The highest BCUT2D eigenvalue weighted by molar-refractivity contribution is 5.79. The first-order valence-corrected chi connectivity index (χ1v) is 5.83. The van der Waals surface area contributed by atoms with Crippen LogP contribution in [-0.2, 0) is 14.3 Å². The second-order valence-corrected chi connectivity index (χ2v) is 3.76. The zero-order valence-electron chi connectivity index (χ0n) is 10.5. The van der Waals surface area contributed by atoms with Crippen molar-refractivity contribution in [2.24, 2.45) is 0 Å². The maximum Gasteiger partial charge on any atom is 0.320 e. The van der Waals surface area contributed by atoms with Gasteiger partial charge in [0.15, 0.2) is 0 Å². The lowest BCUT2D eigenvalue weighted by Gasteiger charge is -2.13. The van der Waals surface area contributed by atoms with E-state index in [0.29, 0.717) is 19.6 Å². The number of ether oxygens (including phenoxy) is 1. The van der Waals surface area contributed by atoms with E-state index in [-0.39, 0.29) is 12.5 Å². The van der Waals surface area contributed by atoms with E-state index in [4.69, 9.17) is 9.84 Å². The average Bonchev–Trinajstić information content (AvgIpc) is 2.29. The Morgan fingerprint density at radius 2 is 2.12 bits per heavy atom. The minimum atomic E-state index is -0.914. The summed E-state index contributed by atoms with van der Waals surface area (Å²) in [5.41, 5.74) is 0. The summed E-state index contributed by atoms with van der Waals surface area (Å²) < 4.78 is 4.78. The number of hydrogen-bond acceptors (Lipinski definition) is 4. The molecule has 6 nitrogen and oxygen atoms in total. The number of carbonyl (C=O) groups excluding carboxylic acids is 1. The highest BCUT2D eigenvalue weighted by Gasteiger charge is 2.16. The van der Waals surface area contributed by atoms with Crippen molar-refractivity contribution < 1.29 is 19.4 Å². The fourth-order valence-electron chi connectivity index (χ4n) is 1.29. The largest absolute Gasteiger partial charge is 0.480 e. The highest BCUT2D eigenvalue weighted by Crippen LogP contribution is 2.00. The van der Waals surface area contributed by atoms with Crippen LogP contribution in [0.2, 0.25) is 0 Å². The lowest BCUT2D eigenvalue weighted by molar-refractivity contribution is -0.139. The van der Waals surface area contributed by atoms with Crippen LogP contribution in [0.5, 0.6) is 0 Å². The fourth-order valence-corrected chi connectivity index (χ4v) is 1.29. The molecule has 0 aromatic heterocycles. The van der Waals surface area contributed by atoms with E-state index >= 15 is 0 Å². The first-order valence-electron chi connectivity index (χ1n) is 5.83. The van der Waals surface area contributed by atoms with Gasteiger partial charge in [0.2, 0.25) is 5.91 Å². The van der Waals surface area contributed by atoms with Crippen molar-refractivity contribution in [2.45, 2.75) is 32.2 Å². The SMILES string of the molecule is CCCCC(NCC(=O)NCCOC)C(=O)O. The molecule has 0 saturated heterocycles. The number of aliphatic carboxylic acids is 1. The third-order valence-corrected chi connectivity index (χ3v) is 2.28. The lowest BCUT2D eigenvalue weighted by atomic mass is 10.1. The van der Waals surface area contributed by atoms with Crippen molar-refractivity contribution in [3.8, 4) is 0 Å². The first-order chi connectivity index (χ1) is 8.11. The first kappa shape index (κ1) is 15.9. The number of unbranched alkanes of at least 4 members (excludes halogenated alkanes) is 1. The van der Waals surface area contributed by atoms with Crippen LogP contribution in [0.25, 0.3) is 0 Å². The van der Waals surface area contributed by atoms with Gasteiger partial charge in [-0.2, -0.15) is 0 Å². The van der Waals surface area contributed by atoms with Gasteiger partial charge in [0.1, 0.15) is 6.04 Å². The van der Waals surface area contributed by atoms with Crippen molar-refractivity contribution in [3.63, 3.8) is 0 Å². The number of hydrogen-bond donors (Lipinski definition) is 3. The minimum absolute atomic E-state index is 0.0182. The standard InChI is InChI=1S/C11H22N2O4/c1-3-4-5-9(11(15)16)13-8-10(14)12-6-7-17-2/h9,13H,3-8H2,1-2H3,(H,12,14)(H,15,16). The highest BCUT2D eigenvalue weighted by atomic mass is 16.5. The molecule has 1 amide bonds. The smallest absolute Gasteiger partial charge is 0.320 e. The summed E-state index contributed by atoms with van der Waals surface area (Å²) in [7, 11) is 1.55. The van der Waals surface area contributed by atoms with E-state index in [0.717, 1.165) is 12.8 Å². The maximum atomic E-state index is 11.3. The summed E-state index contributed by atoms with van der Waals surface area (Å²) in [4.78, 5) is 22.2. The van der Waals surface area contributed by atoms with Crippen LogP contribution < -0.4 is 10.6 Å². The van der Waals surface area contributed by atoms with Crippen LogP contribution in [-0.4, -0.2) is 49.8 Å². The van der Waals surface area contributed by atoms with Crippen molar-refractivity contribution in [1.29, 1.82) is 0 Å². The topological polar surface area (TPSA) is 87.7 Å². The summed E-state index contributed by atoms with van der Waals surface area (Å²) in [6, 6.07) is -0.650. The van der Waals surface area contributed by atoms with Gasteiger partial charge in [0.05, 0.1) is 13.2 Å². The quantitative estimate of drug-likeness (QED) is 0.472. The zero-order chi connectivity index (χ0) is 13.1. The van der Waals surface area contributed by atoms with Crippen LogP contribution in [0.1, 0.15) is 26.2 Å². The van der Waals surface area contributed by atoms with E-state index in [1.807, 2.05) is 6.92 Å². The van der Waals surface area contributed by atoms with Gasteiger partial charge in [-0.25, -0.2) is 0 Å². The molecule has 0 bridgehead atoms. The molecule has 0 aliphatic carbocycles. The second kappa shape index (κ2) is 10.0. The molecule has 0 aliphatic rings. The normalized spacial score (nSPS) is 12.1. The van der Waals surface area contributed by atoms with Gasteiger partial charge < -0.3 is 15.2 Å². The number of carboxylic acid groups (broad SMARTS) is 1. The number of methoxy groups -OCH3 is 1. The van der Waals surface area contributed by atoms with Crippen LogP contribution in [0.4, 0.5) is 0 Å². The van der Waals surface area contributed by atoms with E-state index in [2.05, 4.69) is 10.6 Å². The summed E-state index contributed by atoms with van der Waals surface area (Å²) in [5.74, 6) is -1.13. The van der Waals surface area contributed by atoms with E-state index in [9.17, 15) is 9.59 Å². The number of rotatable bonds is 10. The molecule has 0 fully saturated rings. The van der Waals surface area contributed by atoms with Gasteiger partial charge in [0, 0.05) is 13.7 Å². The molecule has 100 valence electrons. The van der Waals surface area contributed by atoms with Crippen LogP contribution in [0.3, 0.4) is 0 Å².